The number of benzene rings is 2. The van der Waals surface area contributed by atoms with Gasteiger partial charge in [-0.05, 0) is 62.2 Å². The number of ether oxygens (including phenoxy) is 1. The van der Waals surface area contributed by atoms with E-state index in [0.29, 0.717) is 30.9 Å². The number of carbonyl (C=O) groups is 2. The van der Waals surface area contributed by atoms with E-state index < -0.39 is 16.1 Å². The molecule has 1 N–H and O–H groups in total. The van der Waals surface area contributed by atoms with E-state index in [4.69, 9.17) is 4.74 Å². The Morgan fingerprint density at radius 3 is 2.34 bits per heavy atom. The monoisotopic (exact) mass is 457 g/mol. The lowest BCUT2D eigenvalue weighted by Crippen LogP contribution is -2.53. The van der Waals surface area contributed by atoms with E-state index in [1.54, 1.807) is 34.1 Å². The third kappa shape index (κ3) is 4.03. The number of fused-ring (bicyclic) bond motifs is 1. The molecule has 2 aromatic carbocycles. The molecule has 0 spiro atoms. The van der Waals surface area contributed by atoms with Crippen molar-refractivity contribution in [2.24, 2.45) is 0 Å². The largest absolute Gasteiger partial charge is 0.368 e. The molecule has 32 heavy (non-hydrogen) atoms. The average Bonchev–Trinajstić information content (AvgIpc) is 3.32. The summed E-state index contributed by atoms with van der Waals surface area (Å²) in [5.74, 6) is -0.177. The molecule has 0 bridgehead atoms. The Balaban J connectivity index is 1.76. The molecule has 2 aliphatic rings. The van der Waals surface area contributed by atoms with Crippen LogP contribution in [0, 0.1) is 0 Å². The number of sulfonamides is 1. The molecule has 2 amide bonds. The zero-order valence-corrected chi connectivity index (χ0v) is 19.2. The van der Waals surface area contributed by atoms with Gasteiger partial charge in [0.1, 0.15) is 6.10 Å². The van der Waals surface area contributed by atoms with Crippen LogP contribution in [0.25, 0.3) is 11.1 Å². The van der Waals surface area contributed by atoms with Gasteiger partial charge >= 0.3 is 0 Å². The summed E-state index contributed by atoms with van der Waals surface area (Å²) >= 11 is 0. The third-order valence-electron chi connectivity index (χ3n) is 5.99. The summed E-state index contributed by atoms with van der Waals surface area (Å²) in [6.45, 7) is 4.41. The number of hydrogen-bond acceptors (Lipinski definition) is 5. The Kier molecular flexibility index (Phi) is 6.07. The molecule has 4 rings (SSSR count). The van der Waals surface area contributed by atoms with Crippen molar-refractivity contribution in [1.29, 1.82) is 0 Å². The lowest BCUT2D eigenvalue weighted by molar-refractivity contribution is -0.127. The van der Waals surface area contributed by atoms with Gasteiger partial charge in [0.25, 0.3) is 5.91 Å². The van der Waals surface area contributed by atoms with Crippen molar-refractivity contribution in [1.82, 2.24) is 4.72 Å². The van der Waals surface area contributed by atoms with Crippen molar-refractivity contribution in [3.63, 3.8) is 0 Å². The highest BCUT2D eigenvalue weighted by Gasteiger charge is 2.37. The van der Waals surface area contributed by atoms with Crippen molar-refractivity contribution in [3.05, 3.63) is 42.5 Å². The summed E-state index contributed by atoms with van der Waals surface area (Å²) in [6, 6.07) is 12.0. The molecule has 0 radical (unpaired) electrons. The number of nitrogens with zero attached hydrogens (tertiary/aromatic N) is 2. The first-order chi connectivity index (χ1) is 15.2. The quantitative estimate of drug-likeness (QED) is 0.761. The zero-order chi connectivity index (χ0) is 23.0. The highest BCUT2D eigenvalue weighted by Crippen LogP contribution is 2.39. The van der Waals surface area contributed by atoms with Gasteiger partial charge in [-0.1, -0.05) is 18.2 Å². The molecule has 2 aliphatic heterocycles. The lowest BCUT2D eigenvalue weighted by Gasteiger charge is -2.41. The predicted octanol–water partition coefficient (Wildman–Crippen LogP) is 2.53. The topological polar surface area (TPSA) is 96.0 Å². The minimum Gasteiger partial charge on any atom is -0.368 e. The molecule has 9 heteroatoms. The van der Waals surface area contributed by atoms with Gasteiger partial charge in [0, 0.05) is 20.1 Å². The van der Waals surface area contributed by atoms with Gasteiger partial charge < -0.3 is 14.5 Å². The number of hydrogen-bond donors (Lipinski definition) is 1. The molecule has 8 nitrogen and oxygen atoms in total. The van der Waals surface area contributed by atoms with Gasteiger partial charge in [-0.3, -0.25) is 9.59 Å². The van der Waals surface area contributed by atoms with Gasteiger partial charge in [0.2, 0.25) is 15.9 Å². The van der Waals surface area contributed by atoms with Gasteiger partial charge in [-0.15, -0.1) is 0 Å². The fourth-order valence-electron chi connectivity index (χ4n) is 4.38. The summed E-state index contributed by atoms with van der Waals surface area (Å²) in [5.41, 5.74) is 2.96. The summed E-state index contributed by atoms with van der Waals surface area (Å²) in [6.07, 6.45) is 1.08. The van der Waals surface area contributed by atoms with Gasteiger partial charge in [-0.25, -0.2) is 13.1 Å². The number of anilines is 2. The van der Waals surface area contributed by atoms with Crippen LogP contribution in [0.5, 0.6) is 0 Å². The van der Waals surface area contributed by atoms with E-state index in [0.717, 1.165) is 17.5 Å². The highest BCUT2D eigenvalue weighted by molar-refractivity contribution is 7.89. The smallest absolute Gasteiger partial charge is 0.256 e. The second kappa shape index (κ2) is 8.65. The van der Waals surface area contributed by atoms with Crippen molar-refractivity contribution < 1.29 is 22.7 Å². The molecule has 0 saturated carbocycles. The molecule has 1 unspecified atom stereocenters. The van der Waals surface area contributed by atoms with Crippen molar-refractivity contribution in [2.75, 3.05) is 30.0 Å². The zero-order valence-electron chi connectivity index (χ0n) is 18.4. The van der Waals surface area contributed by atoms with Crippen LogP contribution in [0.3, 0.4) is 0 Å². The van der Waals surface area contributed by atoms with Crippen LogP contribution in [0.4, 0.5) is 11.4 Å². The van der Waals surface area contributed by atoms with Crippen LogP contribution in [0.15, 0.2) is 47.4 Å². The number of amides is 2. The van der Waals surface area contributed by atoms with Crippen LogP contribution in [-0.4, -0.2) is 52.6 Å². The van der Waals surface area contributed by atoms with E-state index in [-0.39, 0.29) is 22.8 Å². The highest BCUT2D eigenvalue weighted by atomic mass is 32.2. The Morgan fingerprint density at radius 1 is 1.06 bits per heavy atom. The molecule has 0 aromatic heterocycles. The maximum absolute atomic E-state index is 13.2. The summed E-state index contributed by atoms with van der Waals surface area (Å²) in [7, 11) is -2.16. The van der Waals surface area contributed by atoms with E-state index in [9.17, 15) is 18.0 Å². The molecule has 0 aliphatic carbocycles. The van der Waals surface area contributed by atoms with E-state index in [1.807, 2.05) is 25.1 Å². The standard InChI is InChI=1S/C23H27N3O5S/c1-15-14-25(23(28)22-5-4-12-31-22)21-13-18(8-11-20(21)26(15)16(2)27)17-6-9-19(10-7-17)32(29,30)24-3/h6-11,13,15,22,24H,4-5,12,14H2,1-3H3/t15-,22?/m0/s1. The molecule has 170 valence electrons. The fourth-order valence-corrected chi connectivity index (χ4v) is 5.11. The van der Waals surface area contributed by atoms with Crippen LogP contribution >= 0.6 is 0 Å². The minimum atomic E-state index is -3.52. The van der Waals surface area contributed by atoms with Crippen LogP contribution in [0.1, 0.15) is 26.7 Å². The average molecular weight is 458 g/mol. The predicted molar refractivity (Wildman–Crippen MR) is 122 cm³/mol. The normalized spacial score (nSPS) is 20.8. The van der Waals surface area contributed by atoms with Gasteiger partial charge in [0.05, 0.1) is 22.3 Å². The van der Waals surface area contributed by atoms with E-state index in [2.05, 4.69) is 4.72 Å². The fraction of sp³-hybridized carbons (Fsp3) is 0.391. The van der Waals surface area contributed by atoms with E-state index >= 15 is 0 Å². The summed E-state index contributed by atoms with van der Waals surface area (Å²) in [5, 5.41) is 0. The third-order valence-corrected chi connectivity index (χ3v) is 7.42. The number of nitrogens with one attached hydrogen (secondary N) is 1. The van der Waals surface area contributed by atoms with Crippen molar-refractivity contribution >= 4 is 33.2 Å². The first-order valence-corrected chi connectivity index (χ1v) is 12.1. The molecule has 1 saturated heterocycles. The van der Waals surface area contributed by atoms with Crippen molar-refractivity contribution in [3.8, 4) is 11.1 Å². The maximum Gasteiger partial charge on any atom is 0.256 e. The van der Waals surface area contributed by atoms with Crippen LogP contribution in [-0.2, 0) is 24.3 Å². The Bertz CT molecular complexity index is 1140. The van der Waals surface area contributed by atoms with E-state index in [1.165, 1.54) is 14.0 Å². The molecule has 2 aromatic rings. The molecular formula is C23H27N3O5S. The Labute approximate surface area is 188 Å². The first-order valence-electron chi connectivity index (χ1n) is 10.6. The SMILES string of the molecule is CNS(=O)(=O)c1ccc(-c2ccc3c(c2)N(C(=O)C2CCCO2)C[C@H](C)N3C(C)=O)cc1. The van der Waals surface area contributed by atoms with Crippen molar-refractivity contribution in [2.45, 2.75) is 43.7 Å². The molecule has 2 atom stereocenters. The van der Waals surface area contributed by atoms with Crippen LogP contribution < -0.4 is 14.5 Å². The molecule has 1 fully saturated rings. The maximum atomic E-state index is 13.2. The number of rotatable bonds is 4. The minimum absolute atomic E-state index is 0.0858. The molecule has 2 heterocycles. The first kappa shape index (κ1) is 22.4. The van der Waals surface area contributed by atoms with Gasteiger partial charge in [-0.2, -0.15) is 0 Å². The Morgan fingerprint density at radius 2 is 1.75 bits per heavy atom. The second-order valence-electron chi connectivity index (χ2n) is 8.12. The summed E-state index contributed by atoms with van der Waals surface area (Å²) < 4.78 is 31.9. The lowest BCUT2D eigenvalue weighted by atomic mass is 10.00. The Hall–Kier alpha value is -2.75. The van der Waals surface area contributed by atoms with Crippen LogP contribution in [0.2, 0.25) is 0 Å². The summed E-state index contributed by atoms with van der Waals surface area (Å²) in [4.78, 5) is 29.2. The number of carbonyl (C=O) groups excluding carboxylic acids is 2. The second-order valence-corrected chi connectivity index (χ2v) is 10.0. The van der Waals surface area contributed by atoms with Gasteiger partial charge in [0.15, 0.2) is 0 Å². The molecular weight excluding hydrogens is 430 g/mol.